The number of hydrogen-bond donors (Lipinski definition) is 1. The number of aromatic nitrogens is 1. The number of rotatable bonds is 3. The summed E-state index contributed by atoms with van der Waals surface area (Å²) in [6.07, 6.45) is 2.89. The van der Waals surface area contributed by atoms with Crippen molar-refractivity contribution in [3.63, 3.8) is 0 Å². The standard InChI is InChI=1S/C14H18BrN3O3/c1-2-21-14(20)17-10-5-4-8-18(9-10)13(19)11-6-3-7-16-12(11)15/h3,6-7,10H,2,4-5,8-9H2,1H3,(H,17,20). The van der Waals surface area contributed by atoms with Gasteiger partial charge in [0.15, 0.2) is 0 Å². The van der Waals surface area contributed by atoms with E-state index < -0.39 is 6.09 Å². The Hall–Kier alpha value is -1.63. The van der Waals surface area contributed by atoms with Crippen molar-refractivity contribution in [2.24, 2.45) is 0 Å². The molecule has 0 radical (unpaired) electrons. The molecular formula is C14H18BrN3O3. The van der Waals surface area contributed by atoms with E-state index >= 15 is 0 Å². The number of alkyl carbamates (subject to hydrolysis) is 1. The first-order valence-electron chi connectivity index (χ1n) is 6.95. The molecule has 2 rings (SSSR count). The number of ether oxygens (including phenoxy) is 1. The lowest BCUT2D eigenvalue weighted by molar-refractivity contribution is 0.0684. The van der Waals surface area contributed by atoms with Crippen molar-refractivity contribution in [3.8, 4) is 0 Å². The van der Waals surface area contributed by atoms with E-state index in [1.54, 1.807) is 30.2 Å². The molecule has 1 aliphatic rings. The van der Waals surface area contributed by atoms with Gasteiger partial charge in [-0.15, -0.1) is 0 Å². The maximum atomic E-state index is 12.5. The Labute approximate surface area is 132 Å². The third-order valence-corrected chi connectivity index (χ3v) is 3.93. The van der Waals surface area contributed by atoms with Gasteiger partial charge in [-0.1, -0.05) is 0 Å². The monoisotopic (exact) mass is 355 g/mol. The van der Waals surface area contributed by atoms with Gasteiger partial charge in [0.05, 0.1) is 12.2 Å². The highest BCUT2D eigenvalue weighted by molar-refractivity contribution is 9.10. The summed E-state index contributed by atoms with van der Waals surface area (Å²) in [6.45, 7) is 3.26. The van der Waals surface area contributed by atoms with Gasteiger partial charge in [-0.25, -0.2) is 9.78 Å². The number of likely N-dealkylation sites (tertiary alicyclic amines) is 1. The Balaban J connectivity index is 1.99. The molecule has 1 atom stereocenters. The highest BCUT2D eigenvalue weighted by Crippen LogP contribution is 2.18. The van der Waals surface area contributed by atoms with E-state index in [0.717, 1.165) is 12.8 Å². The van der Waals surface area contributed by atoms with Gasteiger partial charge in [0.1, 0.15) is 4.60 Å². The van der Waals surface area contributed by atoms with Crippen molar-refractivity contribution >= 4 is 27.9 Å². The number of nitrogens with one attached hydrogen (secondary N) is 1. The molecule has 1 unspecified atom stereocenters. The summed E-state index contributed by atoms with van der Waals surface area (Å²) in [5.74, 6) is -0.0784. The molecule has 1 N–H and O–H groups in total. The molecule has 0 bridgehead atoms. The molecule has 1 aliphatic heterocycles. The largest absolute Gasteiger partial charge is 0.450 e. The predicted molar refractivity (Wildman–Crippen MR) is 81.0 cm³/mol. The molecule has 1 fully saturated rings. The first-order valence-corrected chi connectivity index (χ1v) is 7.74. The van der Waals surface area contributed by atoms with E-state index in [0.29, 0.717) is 29.9 Å². The highest BCUT2D eigenvalue weighted by atomic mass is 79.9. The fourth-order valence-corrected chi connectivity index (χ4v) is 2.75. The van der Waals surface area contributed by atoms with Crippen LogP contribution in [0.4, 0.5) is 4.79 Å². The van der Waals surface area contributed by atoms with Crippen LogP contribution in [-0.2, 0) is 4.74 Å². The zero-order chi connectivity index (χ0) is 15.2. The molecule has 0 spiro atoms. The number of amides is 2. The highest BCUT2D eigenvalue weighted by Gasteiger charge is 2.26. The lowest BCUT2D eigenvalue weighted by Gasteiger charge is -2.33. The predicted octanol–water partition coefficient (Wildman–Crippen LogP) is 2.19. The van der Waals surface area contributed by atoms with Crippen molar-refractivity contribution in [1.29, 1.82) is 0 Å². The van der Waals surface area contributed by atoms with Crippen LogP contribution in [0.15, 0.2) is 22.9 Å². The Morgan fingerprint density at radius 1 is 1.57 bits per heavy atom. The number of pyridine rings is 1. The number of halogens is 1. The molecule has 0 aliphatic carbocycles. The quantitative estimate of drug-likeness (QED) is 0.843. The fourth-order valence-electron chi connectivity index (χ4n) is 2.33. The smallest absolute Gasteiger partial charge is 0.407 e. The third kappa shape index (κ3) is 4.17. The van der Waals surface area contributed by atoms with Crippen LogP contribution in [0.5, 0.6) is 0 Å². The number of piperidine rings is 1. The zero-order valence-corrected chi connectivity index (χ0v) is 13.4. The Morgan fingerprint density at radius 3 is 3.10 bits per heavy atom. The van der Waals surface area contributed by atoms with Gasteiger partial charge >= 0.3 is 6.09 Å². The van der Waals surface area contributed by atoms with Crippen LogP contribution in [0.2, 0.25) is 0 Å². The van der Waals surface area contributed by atoms with Crippen LogP contribution >= 0.6 is 15.9 Å². The van der Waals surface area contributed by atoms with Crippen molar-refractivity contribution < 1.29 is 14.3 Å². The molecule has 1 saturated heterocycles. The second-order valence-corrected chi connectivity index (χ2v) is 5.55. The SMILES string of the molecule is CCOC(=O)NC1CCCN(C(=O)c2cccnc2Br)C1. The van der Waals surface area contributed by atoms with Crippen molar-refractivity contribution in [2.75, 3.05) is 19.7 Å². The third-order valence-electron chi connectivity index (χ3n) is 3.30. The summed E-state index contributed by atoms with van der Waals surface area (Å²) in [5, 5.41) is 2.79. The number of nitrogens with zero attached hydrogens (tertiary/aromatic N) is 2. The Kier molecular flexibility index (Phi) is 5.55. The molecule has 2 heterocycles. The topological polar surface area (TPSA) is 71.5 Å². The minimum atomic E-state index is -0.431. The van der Waals surface area contributed by atoms with Crippen LogP contribution in [0.3, 0.4) is 0 Å². The van der Waals surface area contributed by atoms with Gasteiger partial charge in [-0.2, -0.15) is 0 Å². The summed E-state index contributed by atoms with van der Waals surface area (Å²) >= 11 is 3.29. The van der Waals surface area contributed by atoms with E-state index in [9.17, 15) is 9.59 Å². The molecule has 114 valence electrons. The van der Waals surface area contributed by atoms with E-state index in [4.69, 9.17) is 4.74 Å². The normalized spacial score (nSPS) is 18.2. The molecule has 1 aromatic rings. The van der Waals surface area contributed by atoms with Gasteiger partial charge in [-0.05, 0) is 47.8 Å². The van der Waals surface area contributed by atoms with Gasteiger partial charge in [0.25, 0.3) is 5.91 Å². The van der Waals surface area contributed by atoms with Gasteiger partial charge in [-0.3, -0.25) is 4.79 Å². The minimum Gasteiger partial charge on any atom is -0.450 e. The van der Waals surface area contributed by atoms with Crippen LogP contribution in [0, 0.1) is 0 Å². The first kappa shape index (κ1) is 15.8. The lowest BCUT2D eigenvalue weighted by atomic mass is 10.0. The van der Waals surface area contributed by atoms with Crippen LogP contribution in [-0.4, -0.2) is 47.6 Å². The summed E-state index contributed by atoms with van der Waals surface area (Å²) in [7, 11) is 0. The molecule has 6 nitrogen and oxygen atoms in total. The molecule has 7 heteroatoms. The van der Waals surface area contributed by atoms with Gasteiger partial charge in [0, 0.05) is 25.3 Å². The van der Waals surface area contributed by atoms with Gasteiger partial charge < -0.3 is 15.0 Å². The van der Waals surface area contributed by atoms with Crippen LogP contribution < -0.4 is 5.32 Å². The summed E-state index contributed by atoms with van der Waals surface area (Å²) in [4.78, 5) is 29.8. The average Bonchev–Trinajstić information content (AvgIpc) is 2.47. The molecule has 1 aromatic heterocycles. The number of carbonyl (C=O) groups excluding carboxylic acids is 2. The molecule has 0 saturated carbocycles. The summed E-state index contributed by atoms with van der Waals surface area (Å²) in [5.41, 5.74) is 0.536. The van der Waals surface area contributed by atoms with Gasteiger partial charge in [0.2, 0.25) is 0 Å². The van der Waals surface area contributed by atoms with Crippen molar-refractivity contribution in [1.82, 2.24) is 15.2 Å². The molecule has 21 heavy (non-hydrogen) atoms. The Bertz CT molecular complexity index is 524. The molecular weight excluding hydrogens is 338 g/mol. The summed E-state index contributed by atoms with van der Waals surface area (Å²) < 4.78 is 5.41. The second-order valence-electron chi connectivity index (χ2n) is 4.80. The minimum absolute atomic E-state index is 0.0720. The van der Waals surface area contributed by atoms with E-state index in [-0.39, 0.29) is 11.9 Å². The second kappa shape index (κ2) is 7.40. The van der Waals surface area contributed by atoms with E-state index in [1.165, 1.54) is 0 Å². The summed E-state index contributed by atoms with van der Waals surface area (Å²) in [6, 6.07) is 3.40. The first-order chi connectivity index (χ1) is 10.1. The zero-order valence-electron chi connectivity index (χ0n) is 11.8. The van der Waals surface area contributed by atoms with Crippen LogP contribution in [0.1, 0.15) is 30.1 Å². The molecule has 2 amide bonds. The van der Waals surface area contributed by atoms with Crippen molar-refractivity contribution in [3.05, 3.63) is 28.5 Å². The molecule has 0 aromatic carbocycles. The van der Waals surface area contributed by atoms with Crippen molar-refractivity contribution in [2.45, 2.75) is 25.8 Å². The maximum absolute atomic E-state index is 12.5. The lowest BCUT2D eigenvalue weighted by Crippen LogP contribution is -2.49. The van der Waals surface area contributed by atoms with Crippen LogP contribution in [0.25, 0.3) is 0 Å². The van der Waals surface area contributed by atoms with E-state index in [2.05, 4.69) is 26.2 Å². The fraction of sp³-hybridized carbons (Fsp3) is 0.500. The maximum Gasteiger partial charge on any atom is 0.407 e. The van der Waals surface area contributed by atoms with E-state index in [1.807, 2.05) is 0 Å². The Morgan fingerprint density at radius 2 is 2.38 bits per heavy atom. The number of hydrogen-bond acceptors (Lipinski definition) is 4. The number of carbonyl (C=O) groups is 2. The average molecular weight is 356 g/mol.